The second-order valence-corrected chi connectivity index (χ2v) is 7.44. The maximum atomic E-state index is 11.8. The molecule has 8 heteroatoms. The Bertz CT molecular complexity index is 1250. The molecule has 0 spiro atoms. The van der Waals surface area contributed by atoms with Crippen molar-refractivity contribution in [2.75, 3.05) is 11.9 Å². The Morgan fingerprint density at radius 1 is 1.13 bits per heavy atom. The van der Waals surface area contributed by atoms with E-state index in [0.29, 0.717) is 47.4 Å². The molecule has 0 radical (unpaired) electrons. The lowest BCUT2D eigenvalue weighted by molar-refractivity contribution is 0.100. The number of nitrogens with one attached hydrogen (secondary N) is 1. The summed E-state index contributed by atoms with van der Waals surface area (Å²) in [7, 11) is 0. The predicted octanol–water partition coefficient (Wildman–Crippen LogP) is 3.22. The minimum atomic E-state index is -0.501. The number of pyridine rings is 1. The minimum absolute atomic E-state index is 0.404. The molecule has 0 aliphatic carbocycles. The molecule has 8 nitrogen and oxygen atoms in total. The number of imidazole rings is 1. The van der Waals surface area contributed by atoms with E-state index in [1.165, 1.54) is 0 Å². The zero-order chi connectivity index (χ0) is 21.2. The van der Waals surface area contributed by atoms with Crippen LogP contribution in [0.4, 0.5) is 5.82 Å². The first-order valence-corrected chi connectivity index (χ1v) is 10.3. The molecule has 1 aliphatic heterocycles. The van der Waals surface area contributed by atoms with Crippen molar-refractivity contribution in [2.24, 2.45) is 5.73 Å². The van der Waals surface area contributed by atoms with Crippen LogP contribution in [0.5, 0.6) is 5.75 Å². The third-order valence-electron chi connectivity index (χ3n) is 5.33. The zero-order valence-corrected chi connectivity index (χ0v) is 16.9. The Balaban J connectivity index is 1.59. The average Bonchev–Trinajstić information content (AvgIpc) is 3.08. The van der Waals surface area contributed by atoms with E-state index >= 15 is 0 Å². The van der Waals surface area contributed by atoms with Crippen molar-refractivity contribution in [3.8, 4) is 17.4 Å². The lowest BCUT2D eigenvalue weighted by Gasteiger charge is -2.15. The first kappa shape index (κ1) is 19.0. The van der Waals surface area contributed by atoms with Crippen molar-refractivity contribution in [1.82, 2.24) is 19.4 Å². The van der Waals surface area contributed by atoms with Crippen LogP contribution in [0.1, 0.15) is 34.5 Å². The van der Waals surface area contributed by atoms with Gasteiger partial charge in [0.25, 0.3) is 5.91 Å². The van der Waals surface area contributed by atoms with Gasteiger partial charge in [-0.3, -0.25) is 9.20 Å². The molecule has 0 saturated heterocycles. The third-order valence-corrected chi connectivity index (χ3v) is 5.33. The van der Waals surface area contributed by atoms with Crippen LogP contribution < -0.4 is 15.8 Å². The fourth-order valence-electron chi connectivity index (χ4n) is 3.78. The molecular formula is C23H22N6O2. The Kier molecular flexibility index (Phi) is 4.95. The van der Waals surface area contributed by atoms with Crippen LogP contribution >= 0.6 is 0 Å². The van der Waals surface area contributed by atoms with Crippen molar-refractivity contribution in [1.29, 1.82) is 0 Å². The molecule has 3 N–H and O–H groups in total. The van der Waals surface area contributed by atoms with E-state index in [4.69, 9.17) is 20.4 Å². The van der Waals surface area contributed by atoms with E-state index in [0.717, 1.165) is 30.5 Å². The second kappa shape index (κ2) is 8.06. The number of benzene rings is 1. The fraction of sp³-hybridized carbons (Fsp3) is 0.217. The van der Waals surface area contributed by atoms with Gasteiger partial charge >= 0.3 is 0 Å². The number of aryl methyl sites for hydroxylation is 1. The summed E-state index contributed by atoms with van der Waals surface area (Å²) in [6.07, 6.45) is 6.22. The van der Waals surface area contributed by atoms with Gasteiger partial charge in [-0.1, -0.05) is 30.3 Å². The molecular weight excluding hydrogens is 392 g/mol. The van der Waals surface area contributed by atoms with Crippen LogP contribution in [-0.4, -0.2) is 31.9 Å². The lowest BCUT2D eigenvalue weighted by Crippen LogP contribution is -2.12. The van der Waals surface area contributed by atoms with E-state index in [-0.39, 0.29) is 0 Å². The number of rotatable bonds is 5. The molecule has 1 aliphatic rings. The molecule has 0 atom stereocenters. The number of hydrogen-bond acceptors (Lipinski definition) is 6. The molecule has 4 aromatic rings. The molecule has 3 aromatic heterocycles. The first-order chi connectivity index (χ1) is 15.2. The molecule has 0 bridgehead atoms. The van der Waals surface area contributed by atoms with Crippen molar-refractivity contribution in [2.45, 2.75) is 25.8 Å². The second-order valence-electron chi connectivity index (χ2n) is 7.44. The van der Waals surface area contributed by atoms with Crippen molar-refractivity contribution >= 4 is 17.2 Å². The predicted molar refractivity (Wildman–Crippen MR) is 117 cm³/mol. The molecule has 1 aromatic carbocycles. The number of aromatic nitrogens is 4. The largest absolute Gasteiger partial charge is 0.488 e. The number of carbonyl (C=O) groups is 1. The first-order valence-electron chi connectivity index (χ1n) is 10.3. The summed E-state index contributed by atoms with van der Waals surface area (Å²) in [4.78, 5) is 25.8. The lowest BCUT2D eigenvalue weighted by atomic mass is 10.2. The van der Waals surface area contributed by atoms with Gasteiger partial charge in [-0.25, -0.2) is 15.0 Å². The van der Waals surface area contributed by atoms with Gasteiger partial charge in [0.15, 0.2) is 23.2 Å². The van der Waals surface area contributed by atoms with Gasteiger partial charge < -0.3 is 15.8 Å². The van der Waals surface area contributed by atoms with Gasteiger partial charge in [0, 0.05) is 12.7 Å². The van der Waals surface area contributed by atoms with Gasteiger partial charge in [0.2, 0.25) is 0 Å². The molecule has 156 valence electrons. The van der Waals surface area contributed by atoms with E-state index in [9.17, 15) is 4.79 Å². The van der Waals surface area contributed by atoms with Gasteiger partial charge in [0.1, 0.15) is 0 Å². The average molecular weight is 414 g/mol. The number of fused-ring (bicyclic) bond motifs is 2. The summed E-state index contributed by atoms with van der Waals surface area (Å²) in [5.74, 6) is 1.87. The topological polar surface area (TPSA) is 107 Å². The number of nitrogens with zero attached hydrogens (tertiary/aromatic N) is 4. The summed E-state index contributed by atoms with van der Waals surface area (Å²) >= 11 is 0. The highest BCUT2D eigenvalue weighted by Gasteiger charge is 2.21. The van der Waals surface area contributed by atoms with Crippen LogP contribution in [0.2, 0.25) is 0 Å². The van der Waals surface area contributed by atoms with Gasteiger partial charge in [-0.15, -0.1) is 0 Å². The van der Waals surface area contributed by atoms with E-state index in [2.05, 4.69) is 22.4 Å². The molecule has 5 rings (SSSR count). The van der Waals surface area contributed by atoms with Gasteiger partial charge in [0.05, 0.1) is 29.6 Å². The number of amides is 1. The molecule has 0 fully saturated rings. The Labute approximate surface area is 179 Å². The summed E-state index contributed by atoms with van der Waals surface area (Å²) < 4.78 is 7.79. The van der Waals surface area contributed by atoms with E-state index in [1.807, 2.05) is 24.4 Å². The molecule has 0 unspecified atom stereocenters. The summed E-state index contributed by atoms with van der Waals surface area (Å²) in [6.45, 7) is 1.26. The zero-order valence-electron chi connectivity index (χ0n) is 16.9. The number of ether oxygens (including phenoxy) is 1. The van der Waals surface area contributed by atoms with Gasteiger partial charge in [-0.2, -0.15) is 0 Å². The van der Waals surface area contributed by atoms with E-state index < -0.39 is 5.91 Å². The smallest absolute Gasteiger partial charge is 0.250 e. The quantitative estimate of drug-likeness (QED) is 0.519. The number of nitrogens with two attached hydrogens (primary N) is 1. The minimum Gasteiger partial charge on any atom is -0.488 e. The third kappa shape index (κ3) is 3.68. The number of carbonyl (C=O) groups excluding carboxylic acids is 1. The molecule has 4 heterocycles. The number of anilines is 1. The number of primary amides is 1. The monoisotopic (exact) mass is 414 g/mol. The highest BCUT2D eigenvalue weighted by Crippen LogP contribution is 2.32. The van der Waals surface area contributed by atoms with Crippen molar-refractivity contribution < 1.29 is 9.53 Å². The molecule has 1 amide bonds. The normalized spacial score (nSPS) is 13.3. The van der Waals surface area contributed by atoms with Crippen LogP contribution in [0.15, 0.2) is 54.9 Å². The van der Waals surface area contributed by atoms with E-state index in [1.54, 1.807) is 22.7 Å². The Hall–Kier alpha value is -3.94. The fourth-order valence-corrected chi connectivity index (χ4v) is 3.78. The molecule has 0 saturated carbocycles. The summed E-state index contributed by atoms with van der Waals surface area (Å²) in [5, 5.41) is 3.41. The number of hydrogen-bond donors (Lipinski definition) is 2. The Morgan fingerprint density at radius 3 is 2.84 bits per heavy atom. The van der Waals surface area contributed by atoms with Crippen LogP contribution in [0.3, 0.4) is 0 Å². The van der Waals surface area contributed by atoms with Crippen molar-refractivity contribution in [3.05, 3.63) is 71.7 Å². The highest BCUT2D eigenvalue weighted by molar-refractivity contribution is 5.99. The maximum absolute atomic E-state index is 11.8. The summed E-state index contributed by atoms with van der Waals surface area (Å²) in [5.41, 5.74) is 8.55. The Morgan fingerprint density at radius 2 is 2.00 bits per heavy atom. The van der Waals surface area contributed by atoms with Crippen LogP contribution in [-0.2, 0) is 13.0 Å². The highest BCUT2D eigenvalue weighted by atomic mass is 16.5. The summed E-state index contributed by atoms with van der Waals surface area (Å²) in [6, 6.07) is 13.6. The SMILES string of the molecule is NC(=O)c1cccn2c(-c3nc4c(c(NCc5ccccc5)n3)OCCCC4)ncc12. The van der Waals surface area contributed by atoms with Crippen LogP contribution in [0.25, 0.3) is 17.2 Å². The standard InChI is InChI=1S/C23H22N6O2/c24-20(30)16-9-6-11-29-18(16)14-26-23(29)22-27-17-10-4-5-12-31-19(17)21(28-22)25-13-15-7-2-1-3-8-15/h1-3,6-9,11,14H,4-5,10,12-13H2,(H2,24,30)(H,25,27,28). The van der Waals surface area contributed by atoms with Gasteiger partial charge in [-0.05, 0) is 37.0 Å². The van der Waals surface area contributed by atoms with Crippen LogP contribution in [0, 0.1) is 0 Å². The van der Waals surface area contributed by atoms with Crippen molar-refractivity contribution in [3.63, 3.8) is 0 Å². The maximum Gasteiger partial charge on any atom is 0.250 e. The molecule has 31 heavy (non-hydrogen) atoms.